The Hall–Kier alpha value is -4.47. The van der Waals surface area contributed by atoms with Gasteiger partial charge >= 0.3 is 18.2 Å². The monoisotopic (exact) mass is 1220 g/mol. The molecule has 1 aromatic heterocycles. The number of unbranched alkanes of at least 4 members (excludes halogenated alkanes) is 2. The number of esters is 1. The summed E-state index contributed by atoms with van der Waals surface area (Å²) in [6.45, 7) is 6.37. The molecule has 81 heavy (non-hydrogen) atoms. The van der Waals surface area contributed by atoms with E-state index in [1.807, 2.05) is 49.6 Å². The summed E-state index contributed by atoms with van der Waals surface area (Å²) in [6, 6.07) is 14.2. The highest BCUT2D eigenvalue weighted by Crippen LogP contribution is 2.53. The number of aromatic nitrogens is 1. The fraction of sp³-hybridized carbons (Fsp3) is 0.618. The maximum atomic E-state index is 14.0. The lowest BCUT2D eigenvalue weighted by atomic mass is 9.96. The molecule has 458 valence electrons. The van der Waals surface area contributed by atoms with Gasteiger partial charge in [-0.3, -0.25) is 9.59 Å². The van der Waals surface area contributed by atoms with Crippen molar-refractivity contribution < 1.29 is 98.9 Å². The minimum absolute atomic E-state index is 0. The molecule has 1 heterocycles. The zero-order valence-corrected chi connectivity index (χ0v) is 50.3. The van der Waals surface area contributed by atoms with Crippen molar-refractivity contribution in [1.29, 1.82) is 0 Å². The summed E-state index contributed by atoms with van der Waals surface area (Å²) >= 11 is 11.9. The second-order valence-corrected chi connectivity index (χ2v) is 22.0. The molecule has 2 aromatic carbocycles. The number of nitrogens with zero attached hydrogens (tertiary/aromatic N) is 4. The number of rotatable bonds is 33. The average molecular weight is 1230 g/mol. The number of Topliss-reactive ketones (excluding diaryl/α,β-unsaturated/α-hetero) is 1. The van der Waals surface area contributed by atoms with Gasteiger partial charge in [-0.2, -0.15) is 8.87 Å². The topological polar surface area (TPSA) is 296 Å². The number of hydrogen-bond donors (Lipinski definition) is 7. The maximum Gasteiger partial charge on any atom is 0.414 e. The van der Waals surface area contributed by atoms with Crippen LogP contribution in [0.4, 0.5) is 9.59 Å². The van der Waals surface area contributed by atoms with Crippen LogP contribution in [0.25, 0.3) is 11.1 Å². The number of hydrogen-bond acceptors (Lipinski definition) is 18. The number of carbonyl (C=O) groups excluding carboxylic acids is 4. The smallest absolute Gasteiger partial charge is 0.414 e. The normalized spacial score (nSPS) is 14.8. The van der Waals surface area contributed by atoms with E-state index in [0.29, 0.717) is 55.8 Å². The first-order chi connectivity index (χ1) is 38.1. The number of ketones is 1. The van der Waals surface area contributed by atoms with E-state index in [1.165, 1.54) is 33.2 Å². The van der Waals surface area contributed by atoms with Gasteiger partial charge in [-0.1, -0.05) is 61.7 Å². The number of nitrogens with one attached hydrogen (secondary N) is 1. The molecule has 2 amide bonds. The number of benzene rings is 2. The molecule has 5 rings (SSSR count). The molecule has 2 aliphatic rings. The van der Waals surface area contributed by atoms with Crippen LogP contribution in [0.15, 0.2) is 65.8 Å². The Morgan fingerprint density at radius 1 is 0.852 bits per heavy atom. The summed E-state index contributed by atoms with van der Waals surface area (Å²) in [5.41, 5.74) is 2.28. The molecule has 0 bridgehead atoms. The molecule has 2 aliphatic carbocycles. The van der Waals surface area contributed by atoms with Crippen LogP contribution in [-0.2, 0) is 57.5 Å². The summed E-state index contributed by atoms with van der Waals surface area (Å²) in [6.07, 6.45) is 2.01. The van der Waals surface area contributed by atoms with E-state index in [1.54, 1.807) is 38.7 Å². The van der Waals surface area contributed by atoms with Crippen molar-refractivity contribution in [2.45, 2.75) is 146 Å². The van der Waals surface area contributed by atoms with Crippen LogP contribution in [-0.4, -0.2) is 187 Å². The molecule has 0 saturated heterocycles. The molecule has 3 aromatic rings. The van der Waals surface area contributed by atoms with E-state index in [-0.39, 0.29) is 107 Å². The molecule has 2 fully saturated rings. The quantitative estimate of drug-likeness (QED) is 0.0151. The van der Waals surface area contributed by atoms with Gasteiger partial charge in [-0.05, 0) is 88.2 Å². The van der Waals surface area contributed by atoms with Crippen molar-refractivity contribution in [2.24, 2.45) is 0 Å². The van der Waals surface area contributed by atoms with Crippen LogP contribution in [0.3, 0.4) is 0 Å². The Morgan fingerprint density at radius 3 is 2.11 bits per heavy atom. The predicted octanol–water partition coefficient (Wildman–Crippen LogP) is 1.85. The molecule has 4 atom stereocenters. The van der Waals surface area contributed by atoms with E-state index in [0.717, 1.165) is 41.7 Å². The third kappa shape index (κ3) is 24.7. The van der Waals surface area contributed by atoms with Crippen molar-refractivity contribution in [3.63, 3.8) is 0 Å². The Morgan fingerprint density at radius 2 is 1.52 bits per heavy atom. The number of para-hydroxylation sites is 1. The van der Waals surface area contributed by atoms with E-state index in [2.05, 4.69) is 10.1 Å². The van der Waals surface area contributed by atoms with Crippen LogP contribution >= 0.6 is 23.2 Å². The largest absolute Gasteiger partial charge is 1.00 e. The number of ether oxygens (including phenoxy) is 5. The Labute approximate surface area is 492 Å². The first-order valence-electron chi connectivity index (χ1n) is 26.9. The van der Waals surface area contributed by atoms with E-state index in [9.17, 15) is 48.0 Å². The average Bonchev–Trinajstić information content (AvgIpc) is 4.48. The number of aliphatic hydroxyl groups excluding tert-OH is 6. The van der Waals surface area contributed by atoms with Crippen molar-refractivity contribution in [3.8, 4) is 16.9 Å². The fourth-order valence-corrected chi connectivity index (χ4v) is 9.73. The summed E-state index contributed by atoms with van der Waals surface area (Å²) in [7, 11) is 1.08. The molecule has 0 spiro atoms. The zero-order chi connectivity index (χ0) is 59.4. The van der Waals surface area contributed by atoms with Crippen LogP contribution in [0.1, 0.15) is 103 Å². The lowest BCUT2D eigenvalue weighted by Crippen LogP contribution is -3.00. The van der Waals surface area contributed by atoms with E-state index >= 15 is 0 Å². The van der Waals surface area contributed by atoms with Gasteiger partial charge in [0.15, 0.2) is 18.5 Å². The predicted molar refractivity (Wildman–Crippen MR) is 298 cm³/mol. The third-order valence-corrected chi connectivity index (χ3v) is 15.4. The standard InChI is InChI=1S/C46H63ClN3O14S.C6H12ClNO2.C3H9NO.ClH/c1-4-50(22-9-5-6-10-33(53)13-18-40(54)43(56)44(57)41(55)28-51)65(59,60)35-16-17-39(47)32(26-35)29-63-46(20-21-46)38-27-49(30-62-45(58)48(3)24-25-61-31(2)52)23-19-36(38)37-11-7-8-12-42(37)64-34-14-15-34;1-3-4-8(2)6(9)10-5-7;1-4-2-3-5;/h7-8,11-12,16-17,19,23,26-27,34,40-41,43-44,51,54-57H,4-6,9-10,13-15,18,20-22,24-25,28-30H2,1-3H3;3-5H2,1-2H3;4-5H,2-3H2,1H3;1H/q+1;;;/p-1/t40-,41+,43+,44+;;;/m0.../s1. The number of aliphatic hydroxyl groups is 6. The van der Waals surface area contributed by atoms with Gasteiger partial charge in [0.25, 0.3) is 6.73 Å². The molecular weight excluding hydrogens is 1140 g/mol. The van der Waals surface area contributed by atoms with Crippen LogP contribution in [0.5, 0.6) is 5.75 Å². The van der Waals surface area contributed by atoms with Crippen molar-refractivity contribution in [2.75, 3.05) is 79.8 Å². The second-order valence-electron chi connectivity index (χ2n) is 19.4. The summed E-state index contributed by atoms with van der Waals surface area (Å²) in [5.74, 6) is 0.123. The van der Waals surface area contributed by atoms with Gasteiger partial charge in [0.2, 0.25) is 10.0 Å². The highest BCUT2D eigenvalue weighted by molar-refractivity contribution is 7.89. The van der Waals surface area contributed by atoms with Gasteiger partial charge in [-0.15, -0.1) is 0 Å². The molecular formula is C55H84Cl3N5O17S. The summed E-state index contributed by atoms with van der Waals surface area (Å²) in [4.78, 5) is 50.0. The van der Waals surface area contributed by atoms with E-state index < -0.39 is 58.7 Å². The Balaban J connectivity index is 0.00000123. The first-order valence-corrected chi connectivity index (χ1v) is 29.3. The second kappa shape index (κ2) is 37.7. The van der Waals surface area contributed by atoms with Crippen molar-refractivity contribution in [3.05, 3.63) is 77.1 Å². The number of amides is 2. The molecule has 22 nitrogen and oxygen atoms in total. The minimum Gasteiger partial charge on any atom is -1.00 e. The fourth-order valence-electron chi connectivity index (χ4n) is 7.92. The van der Waals surface area contributed by atoms with Gasteiger partial charge in [-0.25, -0.2) is 18.0 Å². The Kier molecular flexibility index (Phi) is 33.8. The number of likely N-dealkylation sites (N-methyl/N-ethyl adjacent to an activating group) is 2. The molecule has 26 heteroatoms. The molecule has 7 N–H and O–H groups in total. The number of halogens is 3. The highest BCUT2D eigenvalue weighted by atomic mass is 35.5. The van der Waals surface area contributed by atoms with Crippen LogP contribution in [0.2, 0.25) is 5.02 Å². The highest BCUT2D eigenvalue weighted by Gasteiger charge is 2.49. The third-order valence-electron chi connectivity index (χ3n) is 12.9. The number of pyridine rings is 1. The van der Waals surface area contributed by atoms with Crippen molar-refractivity contribution >= 4 is 57.2 Å². The molecule has 0 unspecified atom stereocenters. The zero-order valence-electron chi connectivity index (χ0n) is 47.2. The molecule has 2 saturated carbocycles. The number of alkyl halides is 1. The number of carbonyl (C=O) groups is 4. The lowest BCUT2D eigenvalue weighted by molar-refractivity contribution is -0.728. The first kappa shape index (κ1) is 72.6. The van der Waals surface area contributed by atoms with Gasteiger partial charge in [0, 0.05) is 82.3 Å². The number of sulfonamides is 1. The lowest BCUT2D eigenvalue weighted by Gasteiger charge is -2.25. The molecule has 0 radical (unpaired) electrons. The summed E-state index contributed by atoms with van der Waals surface area (Å²) < 4.78 is 59.1. The van der Waals surface area contributed by atoms with E-state index in [4.69, 9.17) is 52.4 Å². The Bertz CT molecular complexity index is 2490. The molecule has 0 aliphatic heterocycles. The van der Waals surface area contributed by atoms with Gasteiger partial charge < -0.3 is 81.8 Å². The summed E-state index contributed by atoms with van der Waals surface area (Å²) in [5, 5.41) is 59.4. The van der Waals surface area contributed by atoms with Crippen LogP contribution in [0, 0.1) is 0 Å². The minimum atomic E-state index is -3.95. The van der Waals surface area contributed by atoms with Crippen molar-refractivity contribution in [1.82, 2.24) is 19.4 Å². The SMILES string of the molecule is CCCN(C)C(=O)OCCl.CCN(CCCCCC(=O)CC[C@H](O)[C@@H](O)[C@H](O)[C@H](O)CO)S(=O)(=O)c1ccc(Cl)c(COC2(c3c[n+](COC(=O)N(C)CCOC(C)=O)ccc3-c3ccccc3OC3CC3)CC2)c1.CNCCO.[Cl-]. The van der Waals surface area contributed by atoms with Crippen LogP contribution < -0.4 is 27.0 Å². The van der Waals surface area contributed by atoms with Gasteiger partial charge in [0.1, 0.15) is 42.1 Å². The maximum absolute atomic E-state index is 14.0. The van der Waals surface area contributed by atoms with Gasteiger partial charge in [0.05, 0.1) is 49.0 Å².